The Labute approximate surface area is 161 Å². The summed E-state index contributed by atoms with van der Waals surface area (Å²) < 4.78 is 14.0. The van der Waals surface area contributed by atoms with Gasteiger partial charge >= 0.3 is 0 Å². The SMILES string of the molecule is O=C1NCCN(C(=O)c2cc(-c3ccccc3F)n[nH]2)[C@H]1Cc1ccccc1. The molecule has 1 aliphatic rings. The van der Waals surface area contributed by atoms with E-state index >= 15 is 0 Å². The molecule has 0 unspecified atom stereocenters. The molecule has 28 heavy (non-hydrogen) atoms. The van der Waals surface area contributed by atoms with Crippen LogP contribution >= 0.6 is 0 Å². The van der Waals surface area contributed by atoms with Crippen molar-refractivity contribution in [3.05, 3.63) is 77.7 Å². The Morgan fingerprint density at radius 3 is 2.68 bits per heavy atom. The number of halogens is 1. The highest BCUT2D eigenvalue weighted by Gasteiger charge is 2.34. The number of nitrogens with zero attached hydrogens (tertiary/aromatic N) is 2. The summed E-state index contributed by atoms with van der Waals surface area (Å²) in [6, 6.07) is 16.7. The highest BCUT2D eigenvalue weighted by atomic mass is 19.1. The van der Waals surface area contributed by atoms with Gasteiger partial charge in [-0.05, 0) is 23.8 Å². The number of piperazine rings is 1. The molecule has 1 aromatic heterocycles. The van der Waals surface area contributed by atoms with E-state index in [0.717, 1.165) is 5.56 Å². The maximum Gasteiger partial charge on any atom is 0.272 e. The molecule has 3 aromatic rings. The van der Waals surface area contributed by atoms with Gasteiger partial charge in [0, 0.05) is 25.1 Å². The van der Waals surface area contributed by atoms with Crippen molar-refractivity contribution >= 4 is 11.8 Å². The molecular formula is C21H19FN4O2. The molecule has 0 spiro atoms. The Kier molecular flexibility index (Phi) is 4.89. The van der Waals surface area contributed by atoms with E-state index in [-0.39, 0.29) is 17.5 Å². The lowest BCUT2D eigenvalue weighted by Crippen LogP contribution is -2.58. The molecule has 0 radical (unpaired) electrons. The van der Waals surface area contributed by atoms with Crippen molar-refractivity contribution in [1.29, 1.82) is 0 Å². The van der Waals surface area contributed by atoms with Gasteiger partial charge in [0.25, 0.3) is 5.91 Å². The lowest BCUT2D eigenvalue weighted by atomic mass is 10.0. The predicted molar refractivity (Wildman–Crippen MR) is 102 cm³/mol. The Morgan fingerprint density at radius 2 is 1.89 bits per heavy atom. The summed E-state index contributed by atoms with van der Waals surface area (Å²) in [5.41, 5.74) is 1.86. The van der Waals surface area contributed by atoms with E-state index in [2.05, 4.69) is 15.5 Å². The van der Waals surface area contributed by atoms with Crippen LogP contribution in [0.3, 0.4) is 0 Å². The fourth-order valence-electron chi connectivity index (χ4n) is 3.39. The Bertz CT molecular complexity index is 1000. The molecule has 0 aliphatic carbocycles. The van der Waals surface area contributed by atoms with E-state index in [1.165, 1.54) is 12.1 Å². The van der Waals surface area contributed by atoms with Crippen molar-refractivity contribution in [2.24, 2.45) is 0 Å². The van der Waals surface area contributed by atoms with Gasteiger partial charge in [-0.25, -0.2) is 4.39 Å². The number of rotatable bonds is 4. The van der Waals surface area contributed by atoms with Gasteiger partial charge in [0.1, 0.15) is 17.6 Å². The maximum absolute atomic E-state index is 14.0. The van der Waals surface area contributed by atoms with Crippen LogP contribution in [0.15, 0.2) is 60.7 Å². The van der Waals surface area contributed by atoms with Crippen LogP contribution in [-0.2, 0) is 11.2 Å². The summed E-state index contributed by atoms with van der Waals surface area (Å²) in [4.78, 5) is 27.0. The molecule has 4 rings (SSSR count). The lowest BCUT2D eigenvalue weighted by Gasteiger charge is -2.34. The van der Waals surface area contributed by atoms with Crippen LogP contribution in [0.4, 0.5) is 4.39 Å². The largest absolute Gasteiger partial charge is 0.353 e. The predicted octanol–water partition coefficient (Wildman–Crippen LogP) is 2.40. The average Bonchev–Trinajstić information content (AvgIpc) is 3.20. The highest BCUT2D eigenvalue weighted by Crippen LogP contribution is 2.22. The molecule has 142 valence electrons. The van der Waals surface area contributed by atoms with Crippen LogP contribution in [0.5, 0.6) is 0 Å². The lowest BCUT2D eigenvalue weighted by molar-refractivity contribution is -0.127. The number of carbonyl (C=O) groups is 2. The maximum atomic E-state index is 14.0. The zero-order valence-electron chi connectivity index (χ0n) is 15.1. The summed E-state index contributed by atoms with van der Waals surface area (Å²) in [5.74, 6) is -0.921. The fraction of sp³-hybridized carbons (Fsp3) is 0.190. The van der Waals surface area contributed by atoms with Gasteiger partial charge in [0.15, 0.2) is 0 Å². The normalized spacial score (nSPS) is 16.7. The first-order valence-corrected chi connectivity index (χ1v) is 9.06. The van der Waals surface area contributed by atoms with Crippen molar-refractivity contribution in [2.75, 3.05) is 13.1 Å². The number of hydrogen-bond donors (Lipinski definition) is 2. The highest BCUT2D eigenvalue weighted by molar-refractivity contribution is 5.97. The second-order valence-corrected chi connectivity index (χ2v) is 6.64. The smallest absolute Gasteiger partial charge is 0.272 e. The molecule has 1 atom stereocenters. The van der Waals surface area contributed by atoms with Crippen LogP contribution in [0.1, 0.15) is 16.1 Å². The van der Waals surface area contributed by atoms with Gasteiger partial charge in [-0.2, -0.15) is 5.10 Å². The monoisotopic (exact) mass is 378 g/mol. The molecule has 2 heterocycles. The third kappa shape index (κ3) is 3.51. The molecule has 0 bridgehead atoms. The van der Waals surface area contributed by atoms with Gasteiger partial charge in [0.2, 0.25) is 5.91 Å². The van der Waals surface area contributed by atoms with E-state index < -0.39 is 11.9 Å². The third-order valence-electron chi connectivity index (χ3n) is 4.82. The van der Waals surface area contributed by atoms with Gasteiger partial charge in [-0.15, -0.1) is 0 Å². The fourth-order valence-corrected chi connectivity index (χ4v) is 3.39. The van der Waals surface area contributed by atoms with E-state index in [1.807, 2.05) is 30.3 Å². The Balaban J connectivity index is 1.59. The van der Waals surface area contributed by atoms with Gasteiger partial charge < -0.3 is 10.2 Å². The first-order valence-electron chi connectivity index (χ1n) is 9.06. The number of carbonyl (C=O) groups excluding carboxylic acids is 2. The third-order valence-corrected chi connectivity index (χ3v) is 4.82. The molecular weight excluding hydrogens is 359 g/mol. The second kappa shape index (κ2) is 7.64. The van der Waals surface area contributed by atoms with Crippen molar-refractivity contribution in [1.82, 2.24) is 20.4 Å². The minimum atomic E-state index is -0.608. The van der Waals surface area contributed by atoms with E-state index in [1.54, 1.807) is 23.1 Å². The van der Waals surface area contributed by atoms with Crippen LogP contribution in [0, 0.1) is 5.82 Å². The molecule has 1 aliphatic heterocycles. The van der Waals surface area contributed by atoms with Gasteiger partial charge in [-0.3, -0.25) is 14.7 Å². The zero-order chi connectivity index (χ0) is 19.5. The average molecular weight is 378 g/mol. The minimum Gasteiger partial charge on any atom is -0.353 e. The molecule has 2 N–H and O–H groups in total. The summed E-state index contributed by atoms with van der Waals surface area (Å²) in [6.07, 6.45) is 0.423. The number of hydrogen-bond acceptors (Lipinski definition) is 3. The molecule has 2 amide bonds. The van der Waals surface area contributed by atoms with Crippen LogP contribution in [0.25, 0.3) is 11.3 Å². The standard InChI is InChI=1S/C21H19FN4O2/c22-16-9-5-4-8-15(16)17-13-18(25-24-17)21(28)26-11-10-23-20(27)19(26)12-14-6-2-1-3-7-14/h1-9,13,19H,10-12H2,(H,23,27)(H,24,25)/t19-/m0/s1. The van der Waals surface area contributed by atoms with Crippen molar-refractivity contribution < 1.29 is 14.0 Å². The zero-order valence-corrected chi connectivity index (χ0v) is 15.1. The number of benzene rings is 2. The first kappa shape index (κ1) is 17.9. The van der Waals surface area contributed by atoms with Gasteiger partial charge in [-0.1, -0.05) is 42.5 Å². The van der Waals surface area contributed by atoms with E-state index in [9.17, 15) is 14.0 Å². The summed E-state index contributed by atoms with van der Waals surface area (Å²) in [6.45, 7) is 0.792. The van der Waals surface area contributed by atoms with Crippen LogP contribution in [0.2, 0.25) is 0 Å². The summed E-state index contributed by atoms with van der Waals surface area (Å²) >= 11 is 0. The topological polar surface area (TPSA) is 78.1 Å². The number of nitrogens with one attached hydrogen (secondary N) is 2. The Hall–Kier alpha value is -3.48. The van der Waals surface area contributed by atoms with Crippen molar-refractivity contribution in [3.8, 4) is 11.3 Å². The first-order chi connectivity index (χ1) is 13.6. The number of H-pyrrole nitrogens is 1. The van der Waals surface area contributed by atoms with Crippen molar-refractivity contribution in [3.63, 3.8) is 0 Å². The molecule has 0 saturated carbocycles. The number of aromatic nitrogens is 2. The van der Waals surface area contributed by atoms with Crippen LogP contribution < -0.4 is 5.32 Å². The second-order valence-electron chi connectivity index (χ2n) is 6.64. The molecule has 1 fully saturated rings. The Morgan fingerprint density at radius 1 is 1.14 bits per heavy atom. The summed E-state index contributed by atoms with van der Waals surface area (Å²) in [7, 11) is 0. The molecule has 7 heteroatoms. The van der Waals surface area contributed by atoms with E-state index in [4.69, 9.17) is 0 Å². The number of aromatic amines is 1. The van der Waals surface area contributed by atoms with Crippen LogP contribution in [-0.4, -0.2) is 46.0 Å². The summed E-state index contributed by atoms with van der Waals surface area (Å²) in [5, 5.41) is 9.59. The minimum absolute atomic E-state index is 0.183. The van der Waals surface area contributed by atoms with Crippen molar-refractivity contribution in [2.45, 2.75) is 12.5 Å². The molecule has 1 saturated heterocycles. The van der Waals surface area contributed by atoms with E-state index in [0.29, 0.717) is 30.8 Å². The molecule has 2 aromatic carbocycles. The number of amides is 2. The molecule has 6 nitrogen and oxygen atoms in total. The quantitative estimate of drug-likeness (QED) is 0.732. The van der Waals surface area contributed by atoms with Gasteiger partial charge in [0.05, 0.1) is 5.69 Å².